The number of benzene rings is 2. The fourth-order valence-corrected chi connectivity index (χ4v) is 3.27. The molecule has 29 heavy (non-hydrogen) atoms. The normalized spacial score (nSPS) is 14.5. The molecule has 1 N–H and O–H groups in total. The Bertz CT molecular complexity index is 862. The molecule has 1 aliphatic rings. The van der Waals surface area contributed by atoms with Gasteiger partial charge in [0.1, 0.15) is 11.6 Å². The number of nitrogens with one attached hydrogen (secondary N) is 1. The number of aryl methyl sites for hydroxylation is 2. The smallest absolute Gasteiger partial charge is 0.260 e. The van der Waals surface area contributed by atoms with Crippen molar-refractivity contribution in [2.75, 3.05) is 44.6 Å². The molecule has 0 atom stereocenters. The number of piperazine rings is 1. The summed E-state index contributed by atoms with van der Waals surface area (Å²) in [5.74, 6) is -0.0621. The van der Waals surface area contributed by atoms with Crippen molar-refractivity contribution in [3.63, 3.8) is 0 Å². The zero-order valence-electron chi connectivity index (χ0n) is 16.8. The largest absolute Gasteiger partial charge is 0.484 e. The Hall–Kier alpha value is -2.93. The minimum absolute atomic E-state index is 0.0589. The van der Waals surface area contributed by atoms with Crippen LogP contribution in [-0.2, 0) is 9.59 Å². The summed E-state index contributed by atoms with van der Waals surface area (Å²) in [5.41, 5.74) is 3.02. The number of halogens is 1. The molecule has 0 aliphatic carbocycles. The van der Waals surface area contributed by atoms with E-state index < -0.39 is 0 Å². The monoisotopic (exact) mass is 399 g/mol. The van der Waals surface area contributed by atoms with Gasteiger partial charge in [-0.05, 0) is 49.7 Å². The predicted octanol–water partition coefficient (Wildman–Crippen LogP) is 2.60. The number of rotatable bonds is 6. The SMILES string of the molecule is Cc1ccc(NC(=O)CN2CCN(C(=O)COc3ccc(F)cc3)CC2)c(C)c1. The lowest BCUT2D eigenvalue weighted by atomic mass is 10.1. The fourth-order valence-electron chi connectivity index (χ4n) is 3.27. The highest BCUT2D eigenvalue weighted by Crippen LogP contribution is 2.16. The molecule has 1 saturated heterocycles. The molecule has 0 aromatic heterocycles. The third-order valence-corrected chi connectivity index (χ3v) is 4.92. The van der Waals surface area contributed by atoms with Crippen LogP contribution in [0.3, 0.4) is 0 Å². The number of amides is 2. The van der Waals surface area contributed by atoms with Gasteiger partial charge in [-0.15, -0.1) is 0 Å². The van der Waals surface area contributed by atoms with E-state index >= 15 is 0 Å². The summed E-state index contributed by atoms with van der Waals surface area (Å²) >= 11 is 0. The predicted molar refractivity (Wildman–Crippen MR) is 109 cm³/mol. The van der Waals surface area contributed by atoms with Crippen molar-refractivity contribution in [2.45, 2.75) is 13.8 Å². The summed E-state index contributed by atoms with van der Waals surface area (Å²) in [7, 11) is 0. The Balaban J connectivity index is 1.40. The average Bonchev–Trinajstić information content (AvgIpc) is 2.70. The van der Waals surface area contributed by atoms with Crippen LogP contribution in [0.15, 0.2) is 42.5 Å². The van der Waals surface area contributed by atoms with Crippen LogP contribution in [0.4, 0.5) is 10.1 Å². The van der Waals surface area contributed by atoms with E-state index in [1.54, 1.807) is 4.90 Å². The summed E-state index contributed by atoms with van der Waals surface area (Å²) in [6.07, 6.45) is 0. The Morgan fingerprint density at radius 1 is 1.03 bits per heavy atom. The van der Waals surface area contributed by atoms with Gasteiger partial charge in [0.15, 0.2) is 6.61 Å². The topological polar surface area (TPSA) is 61.9 Å². The lowest BCUT2D eigenvalue weighted by molar-refractivity contribution is -0.135. The zero-order chi connectivity index (χ0) is 20.8. The van der Waals surface area contributed by atoms with Gasteiger partial charge in [-0.2, -0.15) is 0 Å². The van der Waals surface area contributed by atoms with Crippen LogP contribution in [0.25, 0.3) is 0 Å². The lowest BCUT2D eigenvalue weighted by Crippen LogP contribution is -2.51. The lowest BCUT2D eigenvalue weighted by Gasteiger charge is -2.34. The van der Waals surface area contributed by atoms with Crippen molar-refractivity contribution < 1.29 is 18.7 Å². The van der Waals surface area contributed by atoms with Gasteiger partial charge in [-0.25, -0.2) is 4.39 Å². The van der Waals surface area contributed by atoms with E-state index in [0.717, 1.165) is 16.8 Å². The van der Waals surface area contributed by atoms with Crippen molar-refractivity contribution in [1.29, 1.82) is 0 Å². The first-order valence-corrected chi connectivity index (χ1v) is 9.66. The molecular formula is C22H26FN3O3. The highest BCUT2D eigenvalue weighted by atomic mass is 19.1. The minimum Gasteiger partial charge on any atom is -0.484 e. The van der Waals surface area contributed by atoms with Crippen LogP contribution in [0.5, 0.6) is 5.75 Å². The first-order chi connectivity index (χ1) is 13.9. The van der Waals surface area contributed by atoms with E-state index in [2.05, 4.69) is 5.32 Å². The van der Waals surface area contributed by atoms with Crippen LogP contribution in [0.1, 0.15) is 11.1 Å². The number of hydrogen-bond acceptors (Lipinski definition) is 4. The van der Waals surface area contributed by atoms with Crippen molar-refractivity contribution in [3.8, 4) is 5.75 Å². The second kappa shape index (κ2) is 9.52. The molecule has 0 spiro atoms. The van der Waals surface area contributed by atoms with E-state index in [0.29, 0.717) is 38.5 Å². The third kappa shape index (κ3) is 6.02. The van der Waals surface area contributed by atoms with E-state index in [4.69, 9.17) is 4.74 Å². The zero-order valence-corrected chi connectivity index (χ0v) is 16.8. The fraction of sp³-hybridized carbons (Fsp3) is 0.364. The van der Waals surface area contributed by atoms with Crippen molar-refractivity contribution >= 4 is 17.5 Å². The molecule has 0 unspecified atom stereocenters. The maximum atomic E-state index is 12.9. The van der Waals surface area contributed by atoms with E-state index in [-0.39, 0.29) is 24.2 Å². The van der Waals surface area contributed by atoms with Gasteiger partial charge >= 0.3 is 0 Å². The van der Waals surface area contributed by atoms with Gasteiger partial charge in [0.2, 0.25) is 5.91 Å². The second-order valence-corrected chi connectivity index (χ2v) is 7.27. The maximum absolute atomic E-state index is 12.9. The van der Waals surface area contributed by atoms with Crippen LogP contribution in [0, 0.1) is 19.7 Å². The first-order valence-electron chi connectivity index (χ1n) is 9.66. The average molecular weight is 399 g/mol. The van der Waals surface area contributed by atoms with Crippen LogP contribution >= 0.6 is 0 Å². The molecular weight excluding hydrogens is 373 g/mol. The van der Waals surface area contributed by atoms with Crippen molar-refractivity contribution in [3.05, 3.63) is 59.4 Å². The Kier molecular flexibility index (Phi) is 6.82. The first kappa shape index (κ1) is 20.8. The molecule has 3 rings (SSSR count). The van der Waals surface area contributed by atoms with Gasteiger partial charge in [-0.1, -0.05) is 17.7 Å². The second-order valence-electron chi connectivity index (χ2n) is 7.27. The number of ether oxygens (including phenoxy) is 1. The standard InChI is InChI=1S/C22H26FN3O3/c1-16-3-8-20(17(2)13-16)24-21(27)14-25-9-11-26(12-10-25)22(28)15-29-19-6-4-18(23)5-7-19/h3-8,13H,9-12,14-15H2,1-2H3,(H,24,27). The molecule has 0 saturated carbocycles. The Morgan fingerprint density at radius 3 is 2.38 bits per heavy atom. The minimum atomic E-state index is -0.346. The maximum Gasteiger partial charge on any atom is 0.260 e. The molecule has 1 aliphatic heterocycles. The Labute approximate surface area is 170 Å². The van der Waals surface area contributed by atoms with Crippen LogP contribution < -0.4 is 10.1 Å². The van der Waals surface area contributed by atoms with Crippen LogP contribution in [-0.4, -0.2) is 60.9 Å². The molecule has 1 heterocycles. The van der Waals surface area contributed by atoms with Gasteiger partial charge < -0.3 is 15.0 Å². The molecule has 0 radical (unpaired) electrons. The summed E-state index contributed by atoms with van der Waals surface area (Å²) in [6.45, 7) is 6.54. The third-order valence-electron chi connectivity index (χ3n) is 4.92. The van der Waals surface area contributed by atoms with Gasteiger partial charge in [-0.3, -0.25) is 14.5 Å². The van der Waals surface area contributed by atoms with E-state index in [1.165, 1.54) is 24.3 Å². The Morgan fingerprint density at radius 2 is 1.72 bits per heavy atom. The summed E-state index contributed by atoms with van der Waals surface area (Å²) in [4.78, 5) is 28.4. The molecule has 1 fully saturated rings. The van der Waals surface area contributed by atoms with E-state index in [9.17, 15) is 14.0 Å². The summed E-state index contributed by atoms with van der Waals surface area (Å²) in [5, 5.41) is 2.95. The molecule has 6 nitrogen and oxygen atoms in total. The number of nitrogens with zero attached hydrogens (tertiary/aromatic N) is 2. The number of carbonyl (C=O) groups excluding carboxylic acids is 2. The summed E-state index contributed by atoms with van der Waals surface area (Å²) < 4.78 is 18.3. The molecule has 0 bridgehead atoms. The van der Waals surface area contributed by atoms with Crippen molar-refractivity contribution in [1.82, 2.24) is 9.80 Å². The number of carbonyl (C=O) groups is 2. The molecule has 2 aromatic rings. The molecule has 7 heteroatoms. The summed E-state index contributed by atoms with van der Waals surface area (Å²) in [6, 6.07) is 11.5. The van der Waals surface area contributed by atoms with Gasteiger partial charge in [0.25, 0.3) is 5.91 Å². The van der Waals surface area contributed by atoms with Crippen LogP contribution in [0.2, 0.25) is 0 Å². The highest BCUT2D eigenvalue weighted by molar-refractivity contribution is 5.93. The molecule has 154 valence electrons. The number of hydrogen-bond donors (Lipinski definition) is 1. The van der Waals surface area contributed by atoms with Crippen molar-refractivity contribution in [2.24, 2.45) is 0 Å². The van der Waals surface area contributed by atoms with Gasteiger partial charge in [0.05, 0.1) is 6.54 Å². The highest BCUT2D eigenvalue weighted by Gasteiger charge is 2.22. The number of anilines is 1. The molecule has 2 amide bonds. The van der Waals surface area contributed by atoms with Gasteiger partial charge in [0, 0.05) is 31.9 Å². The van der Waals surface area contributed by atoms with E-state index in [1.807, 2.05) is 36.9 Å². The quantitative estimate of drug-likeness (QED) is 0.811. The molecule has 2 aromatic carbocycles.